The fourth-order valence-electron chi connectivity index (χ4n) is 2.23. The molecule has 128 valence electrons. The predicted molar refractivity (Wildman–Crippen MR) is 93.8 cm³/mol. The van der Waals surface area contributed by atoms with E-state index in [9.17, 15) is 4.79 Å². The van der Waals surface area contributed by atoms with Gasteiger partial charge in [0.15, 0.2) is 0 Å². The molecule has 2 aromatic heterocycles. The Hall–Kier alpha value is -3.35. The number of aromatic nitrogens is 2. The third-order valence-electron chi connectivity index (χ3n) is 3.51. The van der Waals surface area contributed by atoms with Gasteiger partial charge in [-0.25, -0.2) is 9.97 Å². The summed E-state index contributed by atoms with van der Waals surface area (Å²) in [5.74, 6) is 1.58. The highest BCUT2D eigenvalue weighted by Crippen LogP contribution is 2.25. The molecule has 0 aliphatic heterocycles. The minimum Gasteiger partial charge on any atom is -0.495 e. The van der Waals surface area contributed by atoms with Crippen molar-refractivity contribution in [2.24, 2.45) is 0 Å². The second kappa shape index (κ2) is 7.48. The first-order valence-electron chi connectivity index (χ1n) is 7.70. The van der Waals surface area contributed by atoms with Crippen molar-refractivity contribution in [3.63, 3.8) is 0 Å². The average Bonchev–Trinajstić information content (AvgIpc) is 3.14. The maximum atomic E-state index is 12.3. The molecular weight excluding hydrogens is 320 g/mol. The van der Waals surface area contributed by atoms with Crippen LogP contribution in [0.1, 0.15) is 21.8 Å². The first-order valence-corrected chi connectivity index (χ1v) is 7.70. The standard InChI is InChI=1S/C18H18N4O3/c1-12-5-6-16(24-2)14(8-12)22-18(23)15-10-21-17(11-19-15)20-9-13-4-3-7-25-13/h3-8,10-11H,9H2,1-2H3,(H,20,21)(H,22,23). The van der Waals surface area contributed by atoms with Crippen molar-refractivity contribution in [1.29, 1.82) is 0 Å². The van der Waals surface area contributed by atoms with Crippen LogP contribution in [0, 0.1) is 6.92 Å². The van der Waals surface area contributed by atoms with Gasteiger partial charge in [0, 0.05) is 0 Å². The van der Waals surface area contributed by atoms with Gasteiger partial charge in [0.05, 0.1) is 38.0 Å². The van der Waals surface area contributed by atoms with Gasteiger partial charge in [0.2, 0.25) is 0 Å². The molecule has 7 heteroatoms. The van der Waals surface area contributed by atoms with Crippen LogP contribution in [0.15, 0.2) is 53.4 Å². The van der Waals surface area contributed by atoms with E-state index in [-0.39, 0.29) is 11.6 Å². The summed E-state index contributed by atoms with van der Waals surface area (Å²) in [6.45, 7) is 2.43. The molecule has 0 unspecified atom stereocenters. The Morgan fingerprint density at radius 1 is 1.24 bits per heavy atom. The molecule has 1 aromatic carbocycles. The third-order valence-corrected chi connectivity index (χ3v) is 3.51. The van der Waals surface area contributed by atoms with Crippen LogP contribution in [0.25, 0.3) is 0 Å². The number of carbonyl (C=O) groups excluding carboxylic acids is 1. The Morgan fingerprint density at radius 3 is 2.80 bits per heavy atom. The van der Waals surface area contributed by atoms with Crippen molar-refractivity contribution in [2.75, 3.05) is 17.7 Å². The number of ether oxygens (including phenoxy) is 1. The minimum absolute atomic E-state index is 0.215. The van der Waals surface area contributed by atoms with Crippen LogP contribution in [0.2, 0.25) is 0 Å². The number of hydrogen-bond acceptors (Lipinski definition) is 6. The fraction of sp³-hybridized carbons (Fsp3) is 0.167. The molecule has 0 atom stereocenters. The van der Waals surface area contributed by atoms with Gasteiger partial charge < -0.3 is 19.8 Å². The van der Waals surface area contributed by atoms with Crippen molar-refractivity contribution in [3.05, 3.63) is 66.0 Å². The zero-order valence-electron chi connectivity index (χ0n) is 13.9. The van der Waals surface area contributed by atoms with Crippen LogP contribution in [0.3, 0.4) is 0 Å². The Labute approximate surface area is 145 Å². The second-order valence-corrected chi connectivity index (χ2v) is 5.38. The highest BCUT2D eigenvalue weighted by Gasteiger charge is 2.12. The molecule has 0 saturated carbocycles. The number of furan rings is 1. The molecule has 2 N–H and O–H groups in total. The number of rotatable bonds is 6. The monoisotopic (exact) mass is 338 g/mol. The van der Waals surface area contributed by atoms with E-state index in [0.717, 1.165) is 11.3 Å². The van der Waals surface area contributed by atoms with Crippen LogP contribution >= 0.6 is 0 Å². The van der Waals surface area contributed by atoms with Crippen LogP contribution < -0.4 is 15.4 Å². The van der Waals surface area contributed by atoms with Gasteiger partial charge in [-0.15, -0.1) is 0 Å². The number of hydrogen-bond donors (Lipinski definition) is 2. The molecule has 0 spiro atoms. The maximum absolute atomic E-state index is 12.3. The van der Waals surface area contributed by atoms with Gasteiger partial charge >= 0.3 is 0 Å². The molecule has 3 aromatic rings. The van der Waals surface area contributed by atoms with Crippen LogP contribution in [-0.4, -0.2) is 23.0 Å². The molecule has 3 rings (SSSR count). The molecule has 7 nitrogen and oxygen atoms in total. The zero-order chi connectivity index (χ0) is 17.6. The van der Waals surface area contributed by atoms with Crippen molar-refractivity contribution in [3.8, 4) is 5.75 Å². The van der Waals surface area contributed by atoms with Crippen LogP contribution in [0.5, 0.6) is 5.75 Å². The van der Waals surface area contributed by atoms with Gasteiger partial charge in [-0.05, 0) is 36.8 Å². The number of benzene rings is 1. The van der Waals surface area contributed by atoms with Gasteiger partial charge in [0.1, 0.15) is 23.0 Å². The predicted octanol–water partition coefficient (Wildman–Crippen LogP) is 3.25. The molecular formula is C18H18N4O3. The van der Waals surface area contributed by atoms with Crippen molar-refractivity contribution >= 4 is 17.4 Å². The number of methoxy groups -OCH3 is 1. The first kappa shape index (κ1) is 16.5. The number of amides is 1. The number of nitrogens with one attached hydrogen (secondary N) is 2. The number of aryl methyl sites for hydroxylation is 1. The molecule has 2 heterocycles. The Bertz CT molecular complexity index is 845. The summed E-state index contributed by atoms with van der Waals surface area (Å²) in [5.41, 5.74) is 1.82. The minimum atomic E-state index is -0.353. The van der Waals surface area contributed by atoms with E-state index in [1.807, 2.05) is 31.2 Å². The maximum Gasteiger partial charge on any atom is 0.275 e. The van der Waals surface area contributed by atoms with Gasteiger partial charge in [0.25, 0.3) is 5.91 Å². The number of carbonyl (C=O) groups is 1. The van der Waals surface area contributed by atoms with E-state index in [1.165, 1.54) is 12.4 Å². The van der Waals surface area contributed by atoms with E-state index in [0.29, 0.717) is 23.8 Å². The second-order valence-electron chi connectivity index (χ2n) is 5.38. The van der Waals surface area contributed by atoms with Gasteiger partial charge in [-0.1, -0.05) is 6.07 Å². The summed E-state index contributed by atoms with van der Waals surface area (Å²) >= 11 is 0. The molecule has 0 aliphatic carbocycles. The lowest BCUT2D eigenvalue weighted by atomic mass is 10.2. The lowest BCUT2D eigenvalue weighted by molar-refractivity contribution is 0.102. The quantitative estimate of drug-likeness (QED) is 0.717. The summed E-state index contributed by atoms with van der Waals surface area (Å²) in [4.78, 5) is 20.7. The SMILES string of the molecule is COc1ccc(C)cc1NC(=O)c1cnc(NCc2ccco2)cn1. The average molecular weight is 338 g/mol. The lowest BCUT2D eigenvalue weighted by Gasteiger charge is -2.11. The van der Waals surface area contributed by atoms with E-state index in [4.69, 9.17) is 9.15 Å². The molecule has 0 radical (unpaired) electrons. The number of anilines is 2. The zero-order valence-corrected chi connectivity index (χ0v) is 13.9. The van der Waals surface area contributed by atoms with E-state index >= 15 is 0 Å². The summed E-state index contributed by atoms with van der Waals surface area (Å²) < 4.78 is 10.5. The Morgan fingerprint density at radius 2 is 2.12 bits per heavy atom. The molecule has 0 bridgehead atoms. The van der Waals surface area contributed by atoms with Crippen LogP contribution in [0.4, 0.5) is 11.5 Å². The molecule has 1 amide bonds. The first-order chi connectivity index (χ1) is 12.2. The van der Waals surface area contributed by atoms with E-state index in [2.05, 4.69) is 20.6 Å². The smallest absolute Gasteiger partial charge is 0.275 e. The molecule has 25 heavy (non-hydrogen) atoms. The summed E-state index contributed by atoms with van der Waals surface area (Å²) in [7, 11) is 1.56. The highest BCUT2D eigenvalue weighted by molar-refractivity contribution is 6.03. The molecule has 0 saturated heterocycles. The third kappa shape index (κ3) is 4.14. The topological polar surface area (TPSA) is 89.3 Å². The normalized spacial score (nSPS) is 10.3. The summed E-state index contributed by atoms with van der Waals surface area (Å²) in [6.07, 6.45) is 4.53. The van der Waals surface area contributed by atoms with Gasteiger partial charge in [-0.3, -0.25) is 4.79 Å². The van der Waals surface area contributed by atoms with E-state index < -0.39 is 0 Å². The summed E-state index contributed by atoms with van der Waals surface area (Å²) in [5, 5.41) is 5.86. The van der Waals surface area contributed by atoms with Crippen molar-refractivity contribution in [2.45, 2.75) is 13.5 Å². The summed E-state index contributed by atoms with van der Waals surface area (Å²) in [6, 6.07) is 9.22. The molecule has 0 fully saturated rings. The van der Waals surface area contributed by atoms with Crippen molar-refractivity contribution < 1.29 is 13.9 Å². The largest absolute Gasteiger partial charge is 0.495 e. The van der Waals surface area contributed by atoms with Gasteiger partial charge in [-0.2, -0.15) is 0 Å². The highest BCUT2D eigenvalue weighted by atomic mass is 16.5. The lowest BCUT2D eigenvalue weighted by Crippen LogP contribution is -2.15. The Kier molecular flexibility index (Phi) is 4.94. The Balaban J connectivity index is 1.65. The van der Waals surface area contributed by atoms with E-state index in [1.54, 1.807) is 19.4 Å². The van der Waals surface area contributed by atoms with Crippen LogP contribution in [-0.2, 0) is 6.54 Å². The fourth-order valence-corrected chi connectivity index (χ4v) is 2.23. The van der Waals surface area contributed by atoms with Crippen molar-refractivity contribution in [1.82, 2.24) is 9.97 Å². The number of nitrogens with zero attached hydrogens (tertiary/aromatic N) is 2. The molecule has 0 aliphatic rings.